The molecule has 9 heavy (non-hydrogen) atoms. The molecule has 0 saturated heterocycles. The number of thioether (sulfide) groups is 1. The van der Waals surface area contributed by atoms with Crippen LogP contribution in [0.4, 0.5) is 0 Å². The molecule has 3 heteroatoms. The molecular formula is C6H13NOS. The maximum Gasteiger partial charge on any atom is 0.0926 e. The van der Waals surface area contributed by atoms with Crippen LogP contribution >= 0.6 is 11.8 Å². The molecule has 0 aliphatic rings. The van der Waals surface area contributed by atoms with Gasteiger partial charge in [0.25, 0.3) is 0 Å². The predicted octanol–water partition coefficient (Wildman–Crippen LogP) is 0.920. The van der Waals surface area contributed by atoms with Crippen molar-refractivity contribution in [1.82, 2.24) is 0 Å². The summed E-state index contributed by atoms with van der Waals surface area (Å²) in [5.41, 5.74) is 6.62. The Morgan fingerprint density at radius 2 is 2.44 bits per heavy atom. The van der Waals surface area contributed by atoms with E-state index in [1.165, 1.54) is 11.8 Å². The molecular weight excluding hydrogens is 134 g/mol. The van der Waals surface area contributed by atoms with Gasteiger partial charge in [-0.2, -0.15) is 0 Å². The molecule has 0 aliphatic heterocycles. The first-order valence-corrected chi connectivity index (χ1v) is 3.88. The highest BCUT2D eigenvalue weighted by Crippen LogP contribution is 2.06. The van der Waals surface area contributed by atoms with E-state index < -0.39 is 0 Å². The summed E-state index contributed by atoms with van der Waals surface area (Å²) >= 11 is 1.36. The summed E-state index contributed by atoms with van der Waals surface area (Å²) < 4.78 is 0. The Bertz CT molecular complexity index is 101. The van der Waals surface area contributed by atoms with Gasteiger partial charge in [0.05, 0.1) is 5.94 Å². The summed E-state index contributed by atoms with van der Waals surface area (Å²) in [6, 6.07) is 0.101. The van der Waals surface area contributed by atoms with Gasteiger partial charge in [-0.15, -0.1) is 11.8 Å². The lowest BCUT2D eigenvalue weighted by Gasteiger charge is -2.02. The van der Waals surface area contributed by atoms with Crippen LogP contribution in [0.1, 0.15) is 13.8 Å². The number of rotatable bonds is 3. The van der Waals surface area contributed by atoms with Gasteiger partial charge < -0.3 is 10.8 Å². The van der Waals surface area contributed by atoms with Crippen molar-refractivity contribution < 1.29 is 5.11 Å². The quantitative estimate of drug-likeness (QED) is 0.583. The Balaban J connectivity index is 3.55. The molecule has 0 aromatic heterocycles. The van der Waals surface area contributed by atoms with E-state index in [9.17, 15) is 0 Å². The summed E-state index contributed by atoms with van der Waals surface area (Å²) in [7, 11) is 0. The maximum absolute atomic E-state index is 8.37. The van der Waals surface area contributed by atoms with Gasteiger partial charge >= 0.3 is 0 Å². The van der Waals surface area contributed by atoms with E-state index in [-0.39, 0.29) is 12.0 Å². The monoisotopic (exact) mass is 147 g/mol. The molecule has 0 spiro atoms. The third-order valence-corrected chi connectivity index (χ3v) is 1.75. The number of hydrogen-bond acceptors (Lipinski definition) is 3. The zero-order chi connectivity index (χ0) is 7.28. The van der Waals surface area contributed by atoms with Crippen molar-refractivity contribution in [1.29, 1.82) is 0 Å². The highest BCUT2D eigenvalue weighted by molar-refractivity contribution is 8.01. The average molecular weight is 147 g/mol. The molecule has 0 aromatic carbocycles. The predicted molar refractivity (Wildman–Crippen MR) is 42.1 cm³/mol. The summed E-state index contributed by atoms with van der Waals surface area (Å²) in [4.78, 5) is 0. The molecule has 0 amide bonds. The Labute approximate surface area is 60.1 Å². The third-order valence-electron chi connectivity index (χ3n) is 1.06. The second-order valence-electron chi connectivity index (χ2n) is 1.95. The Morgan fingerprint density at radius 1 is 1.89 bits per heavy atom. The highest BCUT2D eigenvalue weighted by atomic mass is 32.2. The van der Waals surface area contributed by atoms with Crippen LogP contribution in [0.5, 0.6) is 0 Å². The number of nitrogens with two attached hydrogens (primary N) is 1. The first-order chi connectivity index (χ1) is 4.18. The standard InChI is InChI=1S/C6H13NOS/c1-5(6(2)7)3-9-4-8/h3,6,8H,4,7H2,1-2H3/b5-3+. The minimum absolute atomic E-state index is 0.101. The van der Waals surface area contributed by atoms with E-state index >= 15 is 0 Å². The number of hydrogen-bond donors (Lipinski definition) is 2. The minimum Gasteiger partial charge on any atom is -0.385 e. The second-order valence-corrected chi connectivity index (χ2v) is 2.77. The van der Waals surface area contributed by atoms with Gasteiger partial charge in [0.15, 0.2) is 0 Å². The summed E-state index contributed by atoms with van der Waals surface area (Å²) in [6.07, 6.45) is 0. The van der Waals surface area contributed by atoms with Crippen molar-refractivity contribution in [2.45, 2.75) is 19.9 Å². The number of aliphatic hydroxyl groups is 1. The topological polar surface area (TPSA) is 46.2 Å². The van der Waals surface area contributed by atoms with E-state index in [0.29, 0.717) is 0 Å². The lowest BCUT2D eigenvalue weighted by Crippen LogP contribution is -2.15. The van der Waals surface area contributed by atoms with Crippen LogP contribution < -0.4 is 5.73 Å². The SMILES string of the molecule is C/C(=C\SCO)C(C)N. The van der Waals surface area contributed by atoms with Crippen molar-refractivity contribution in [3.05, 3.63) is 11.0 Å². The lowest BCUT2D eigenvalue weighted by molar-refractivity contribution is 0.376. The van der Waals surface area contributed by atoms with Crippen LogP contribution in [0.25, 0.3) is 0 Å². The van der Waals surface area contributed by atoms with Gasteiger partial charge in [0.2, 0.25) is 0 Å². The summed E-state index contributed by atoms with van der Waals surface area (Å²) in [5.74, 6) is 0.129. The van der Waals surface area contributed by atoms with E-state index in [4.69, 9.17) is 10.8 Å². The Kier molecular flexibility index (Phi) is 4.85. The van der Waals surface area contributed by atoms with Crippen LogP contribution in [-0.4, -0.2) is 17.1 Å². The van der Waals surface area contributed by atoms with E-state index in [1.807, 2.05) is 19.3 Å². The minimum atomic E-state index is 0.101. The fourth-order valence-electron chi connectivity index (χ4n) is 0.276. The van der Waals surface area contributed by atoms with Gasteiger partial charge in [-0.25, -0.2) is 0 Å². The zero-order valence-corrected chi connectivity index (χ0v) is 6.61. The van der Waals surface area contributed by atoms with E-state index in [1.54, 1.807) is 0 Å². The van der Waals surface area contributed by atoms with Crippen LogP contribution in [0.3, 0.4) is 0 Å². The molecule has 0 saturated carbocycles. The van der Waals surface area contributed by atoms with E-state index in [0.717, 1.165) is 5.57 Å². The molecule has 2 nitrogen and oxygen atoms in total. The molecule has 0 heterocycles. The molecule has 1 unspecified atom stereocenters. The fraction of sp³-hybridized carbons (Fsp3) is 0.667. The normalized spacial score (nSPS) is 15.8. The molecule has 0 fully saturated rings. The van der Waals surface area contributed by atoms with Crippen LogP contribution in [0.2, 0.25) is 0 Å². The molecule has 0 aliphatic carbocycles. The first kappa shape index (κ1) is 9.01. The Hall–Kier alpha value is 0.01000. The molecule has 0 rings (SSSR count). The third kappa shape index (κ3) is 4.51. The highest BCUT2D eigenvalue weighted by Gasteiger charge is 1.93. The van der Waals surface area contributed by atoms with Gasteiger partial charge in [-0.3, -0.25) is 0 Å². The van der Waals surface area contributed by atoms with Crippen molar-refractivity contribution in [3.8, 4) is 0 Å². The summed E-state index contributed by atoms with van der Waals surface area (Å²) in [5, 5.41) is 10.3. The van der Waals surface area contributed by atoms with Gasteiger partial charge in [-0.05, 0) is 19.3 Å². The average Bonchev–Trinajstić information content (AvgIpc) is 1.82. The van der Waals surface area contributed by atoms with Gasteiger partial charge in [0.1, 0.15) is 0 Å². The second kappa shape index (κ2) is 4.85. The zero-order valence-electron chi connectivity index (χ0n) is 5.79. The van der Waals surface area contributed by atoms with Gasteiger partial charge in [0, 0.05) is 6.04 Å². The van der Waals surface area contributed by atoms with Crippen molar-refractivity contribution in [3.63, 3.8) is 0 Å². The summed E-state index contributed by atoms with van der Waals surface area (Å²) in [6.45, 7) is 3.87. The molecule has 3 N–H and O–H groups in total. The maximum atomic E-state index is 8.37. The molecule has 0 radical (unpaired) electrons. The Morgan fingerprint density at radius 3 is 2.78 bits per heavy atom. The van der Waals surface area contributed by atoms with Crippen molar-refractivity contribution >= 4 is 11.8 Å². The van der Waals surface area contributed by atoms with Crippen LogP contribution in [0, 0.1) is 0 Å². The largest absolute Gasteiger partial charge is 0.385 e. The number of aliphatic hydroxyl groups excluding tert-OH is 1. The molecule has 0 bridgehead atoms. The van der Waals surface area contributed by atoms with Crippen molar-refractivity contribution in [2.24, 2.45) is 5.73 Å². The first-order valence-electron chi connectivity index (χ1n) is 2.83. The molecule has 54 valence electrons. The lowest BCUT2D eigenvalue weighted by atomic mass is 10.2. The molecule has 1 atom stereocenters. The fourth-order valence-corrected chi connectivity index (χ4v) is 0.828. The van der Waals surface area contributed by atoms with Gasteiger partial charge in [-0.1, -0.05) is 5.57 Å². The smallest absolute Gasteiger partial charge is 0.0926 e. The van der Waals surface area contributed by atoms with Crippen LogP contribution in [-0.2, 0) is 0 Å². The van der Waals surface area contributed by atoms with Crippen LogP contribution in [0.15, 0.2) is 11.0 Å². The molecule has 0 aromatic rings. The van der Waals surface area contributed by atoms with Crippen molar-refractivity contribution in [2.75, 3.05) is 5.94 Å². The van der Waals surface area contributed by atoms with E-state index in [2.05, 4.69) is 0 Å².